The molecule has 0 bridgehead atoms. The molecule has 0 aromatic heterocycles. The number of ether oxygens (including phenoxy) is 2. The molecular weight excluding hydrogens is 415 g/mol. The van der Waals surface area contributed by atoms with Crippen LogP contribution < -0.4 is 5.32 Å². The van der Waals surface area contributed by atoms with E-state index in [1.165, 1.54) is 13.2 Å². The van der Waals surface area contributed by atoms with Gasteiger partial charge in [0, 0.05) is 18.4 Å². The molecule has 7 nitrogen and oxygen atoms in total. The summed E-state index contributed by atoms with van der Waals surface area (Å²) in [5.41, 5.74) is -0.480. The molecule has 1 aliphatic heterocycles. The summed E-state index contributed by atoms with van der Waals surface area (Å²) >= 11 is 6.27. The average Bonchev–Trinajstić information content (AvgIpc) is 3.30. The molecule has 1 amide bonds. The average molecular weight is 435 g/mol. The first-order chi connectivity index (χ1) is 14.4. The van der Waals surface area contributed by atoms with Gasteiger partial charge in [-0.15, -0.1) is 0 Å². The summed E-state index contributed by atoms with van der Waals surface area (Å²) < 4.78 is 24.6. The van der Waals surface area contributed by atoms with Crippen LogP contribution in [0.1, 0.15) is 31.2 Å². The molecule has 0 saturated heterocycles. The first-order valence-electron chi connectivity index (χ1n) is 9.59. The minimum absolute atomic E-state index is 0.0988. The van der Waals surface area contributed by atoms with E-state index in [2.05, 4.69) is 10.5 Å². The number of allylic oxidation sites excluding steroid dienone is 2. The SMILES string of the molecule is COC(=O)C12CCCC1C(c1cc(NC(=O)OC3C=CC=CC3)c(F)cc1Cl)=NO2. The Morgan fingerprint density at radius 3 is 2.93 bits per heavy atom. The van der Waals surface area contributed by atoms with Gasteiger partial charge in [0.05, 0.1) is 29.4 Å². The van der Waals surface area contributed by atoms with Crippen LogP contribution in [0.3, 0.4) is 0 Å². The Bertz CT molecular complexity index is 976. The lowest BCUT2D eigenvalue weighted by atomic mass is 9.84. The monoisotopic (exact) mass is 434 g/mol. The summed E-state index contributed by atoms with van der Waals surface area (Å²) in [6.45, 7) is 0. The number of methoxy groups -OCH3 is 1. The molecule has 4 rings (SSSR count). The number of hydrogen-bond acceptors (Lipinski definition) is 6. The molecule has 2 aliphatic carbocycles. The number of amides is 1. The van der Waals surface area contributed by atoms with Crippen LogP contribution >= 0.6 is 11.6 Å². The van der Waals surface area contributed by atoms with Crippen LogP contribution in [0, 0.1) is 11.7 Å². The summed E-state index contributed by atoms with van der Waals surface area (Å²) in [7, 11) is 1.30. The van der Waals surface area contributed by atoms with Gasteiger partial charge in [0.15, 0.2) is 0 Å². The smallest absolute Gasteiger partial charge is 0.412 e. The molecular formula is C21H20ClFN2O5. The highest BCUT2D eigenvalue weighted by Crippen LogP contribution is 2.47. The summed E-state index contributed by atoms with van der Waals surface area (Å²) in [6, 6.07) is 2.47. The molecule has 9 heteroatoms. The first-order valence-corrected chi connectivity index (χ1v) is 9.97. The van der Waals surface area contributed by atoms with Crippen LogP contribution in [0.5, 0.6) is 0 Å². The van der Waals surface area contributed by atoms with Crippen molar-refractivity contribution in [3.8, 4) is 0 Å². The van der Waals surface area contributed by atoms with Crippen molar-refractivity contribution >= 4 is 35.1 Å². The first kappa shape index (κ1) is 20.4. The zero-order valence-corrected chi connectivity index (χ0v) is 16.9. The highest BCUT2D eigenvalue weighted by Gasteiger charge is 2.59. The summed E-state index contributed by atoms with van der Waals surface area (Å²) in [6.07, 6.45) is 8.43. The number of nitrogens with one attached hydrogen (secondary N) is 1. The van der Waals surface area contributed by atoms with Crippen LogP contribution in [-0.4, -0.2) is 36.6 Å². The summed E-state index contributed by atoms with van der Waals surface area (Å²) in [5.74, 6) is -1.59. The molecule has 3 unspecified atom stereocenters. The Morgan fingerprint density at radius 1 is 1.37 bits per heavy atom. The van der Waals surface area contributed by atoms with Crippen LogP contribution in [0.15, 0.2) is 41.6 Å². The highest BCUT2D eigenvalue weighted by atomic mass is 35.5. The van der Waals surface area contributed by atoms with E-state index in [1.54, 1.807) is 12.2 Å². The number of carbonyl (C=O) groups is 2. The Balaban J connectivity index is 1.56. The van der Waals surface area contributed by atoms with Crippen molar-refractivity contribution in [2.45, 2.75) is 37.4 Å². The van der Waals surface area contributed by atoms with Gasteiger partial charge in [0.1, 0.15) is 11.9 Å². The molecule has 1 aromatic carbocycles. The second kappa shape index (κ2) is 8.10. The van der Waals surface area contributed by atoms with Crippen molar-refractivity contribution in [3.63, 3.8) is 0 Å². The second-order valence-electron chi connectivity index (χ2n) is 7.32. The predicted molar refractivity (Wildman–Crippen MR) is 108 cm³/mol. The van der Waals surface area contributed by atoms with Gasteiger partial charge in [0.2, 0.25) is 5.60 Å². The van der Waals surface area contributed by atoms with E-state index in [0.717, 1.165) is 12.5 Å². The van der Waals surface area contributed by atoms with Gasteiger partial charge in [0.25, 0.3) is 0 Å². The minimum atomic E-state index is -1.19. The van der Waals surface area contributed by atoms with E-state index in [0.29, 0.717) is 30.5 Å². The number of esters is 1. The van der Waals surface area contributed by atoms with Crippen molar-refractivity contribution in [2.75, 3.05) is 12.4 Å². The highest BCUT2D eigenvalue weighted by molar-refractivity contribution is 6.34. The molecule has 1 N–H and O–H groups in total. The Morgan fingerprint density at radius 2 is 2.20 bits per heavy atom. The van der Waals surface area contributed by atoms with Gasteiger partial charge in [-0.1, -0.05) is 35.0 Å². The largest absolute Gasteiger partial charge is 0.466 e. The molecule has 0 radical (unpaired) electrons. The quantitative estimate of drug-likeness (QED) is 0.711. The van der Waals surface area contributed by atoms with Crippen molar-refractivity contribution in [3.05, 3.63) is 52.8 Å². The third-order valence-corrected chi connectivity index (χ3v) is 5.85. The lowest BCUT2D eigenvalue weighted by Crippen LogP contribution is -2.43. The van der Waals surface area contributed by atoms with Gasteiger partial charge in [-0.3, -0.25) is 5.32 Å². The fraction of sp³-hybridized carbons (Fsp3) is 0.381. The van der Waals surface area contributed by atoms with E-state index in [4.69, 9.17) is 25.9 Å². The molecule has 1 saturated carbocycles. The fourth-order valence-corrected chi connectivity index (χ4v) is 4.34. The zero-order chi connectivity index (χ0) is 21.3. The number of carbonyl (C=O) groups excluding carboxylic acids is 2. The maximum Gasteiger partial charge on any atom is 0.412 e. The third kappa shape index (κ3) is 3.56. The predicted octanol–water partition coefficient (Wildman–Crippen LogP) is 4.36. The second-order valence-corrected chi connectivity index (χ2v) is 7.73. The van der Waals surface area contributed by atoms with Crippen LogP contribution in [0.4, 0.5) is 14.9 Å². The standard InChI is InChI=1S/C21H20ClFN2O5/c1-28-19(26)21-9-5-8-14(21)18(25-30-21)13-10-17(16(23)11-15(13)22)24-20(27)29-12-6-3-2-4-7-12/h2-4,6,10-12,14H,5,7-9H2,1H3,(H,24,27). The van der Waals surface area contributed by atoms with Gasteiger partial charge in [-0.25, -0.2) is 14.0 Å². The Kier molecular flexibility index (Phi) is 5.51. The number of hydrogen-bond donors (Lipinski definition) is 1. The zero-order valence-electron chi connectivity index (χ0n) is 16.2. The maximum absolute atomic E-state index is 14.5. The van der Waals surface area contributed by atoms with Crippen LogP contribution in [0.25, 0.3) is 0 Å². The molecule has 1 heterocycles. The topological polar surface area (TPSA) is 86.2 Å². The van der Waals surface area contributed by atoms with Gasteiger partial charge < -0.3 is 14.3 Å². The summed E-state index contributed by atoms with van der Waals surface area (Å²) in [5, 5.41) is 6.59. The van der Waals surface area contributed by atoms with E-state index in [1.807, 2.05) is 12.2 Å². The molecule has 1 aromatic rings. The Hall–Kier alpha value is -2.87. The lowest BCUT2D eigenvalue weighted by molar-refractivity contribution is -0.168. The number of benzene rings is 1. The molecule has 0 spiro atoms. The third-order valence-electron chi connectivity index (χ3n) is 5.54. The van der Waals surface area contributed by atoms with Crippen LogP contribution in [-0.2, 0) is 19.1 Å². The van der Waals surface area contributed by atoms with Crippen molar-refractivity contribution in [1.82, 2.24) is 0 Å². The van der Waals surface area contributed by atoms with Crippen LogP contribution in [0.2, 0.25) is 5.02 Å². The van der Waals surface area contributed by atoms with Crippen molar-refractivity contribution in [2.24, 2.45) is 11.1 Å². The van der Waals surface area contributed by atoms with E-state index < -0.39 is 29.6 Å². The molecule has 3 aliphatic rings. The number of halogens is 2. The maximum atomic E-state index is 14.5. The van der Waals surface area contributed by atoms with Gasteiger partial charge in [-0.05, 0) is 31.1 Å². The molecule has 30 heavy (non-hydrogen) atoms. The number of fused-ring (bicyclic) bond motifs is 1. The van der Waals surface area contributed by atoms with E-state index in [9.17, 15) is 14.0 Å². The lowest BCUT2D eigenvalue weighted by Gasteiger charge is -2.23. The van der Waals surface area contributed by atoms with Crippen molar-refractivity contribution < 1.29 is 28.3 Å². The van der Waals surface area contributed by atoms with E-state index in [-0.39, 0.29) is 16.6 Å². The number of rotatable bonds is 4. The summed E-state index contributed by atoms with van der Waals surface area (Å²) in [4.78, 5) is 30.1. The number of nitrogens with zero attached hydrogens (tertiary/aromatic N) is 1. The van der Waals surface area contributed by atoms with Crippen molar-refractivity contribution in [1.29, 1.82) is 0 Å². The Labute approximate surface area is 177 Å². The van der Waals surface area contributed by atoms with E-state index >= 15 is 0 Å². The molecule has 1 fully saturated rings. The van der Waals surface area contributed by atoms with Gasteiger partial charge in [-0.2, -0.15) is 0 Å². The molecule has 3 atom stereocenters. The number of oxime groups is 1. The molecule has 158 valence electrons. The normalized spacial score (nSPS) is 26.6. The minimum Gasteiger partial charge on any atom is -0.466 e. The fourth-order valence-electron chi connectivity index (χ4n) is 4.09. The number of anilines is 1. The van der Waals surface area contributed by atoms with Gasteiger partial charge >= 0.3 is 12.1 Å².